The third-order valence-corrected chi connectivity index (χ3v) is 5.08. The molecule has 0 bridgehead atoms. The van der Waals surface area contributed by atoms with E-state index in [2.05, 4.69) is 22.2 Å². The summed E-state index contributed by atoms with van der Waals surface area (Å²) in [6.45, 7) is 8.66. The van der Waals surface area contributed by atoms with Crippen molar-refractivity contribution in [1.29, 1.82) is 0 Å². The minimum Gasteiger partial charge on any atom is -0.485 e. The zero-order valence-corrected chi connectivity index (χ0v) is 15.9. The van der Waals surface area contributed by atoms with E-state index in [1.54, 1.807) is 12.1 Å². The van der Waals surface area contributed by atoms with Gasteiger partial charge in [-0.1, -0.05) is 0 Å². The van der Waals surface area contributed by atoms with Gasteiger partial charge in [0.2, 0.25) is 0 Å². The topological polar surface area (TPSA) is 91.1 Å². The number of benzene rings is 1. The van der Waals surface area contributed by atoms with Crippen LogP contribution >= 0.6 is 0 Å². The summed E-state index contributed by atoms with van der Waals surface area (Å²) < 4.78 is 5.89. The Balaban J connectivity index is 1.57. The second kappa shape index (κ2) is 7.42. The molecule has 7 nitrogen and oxygen atoms in total. The minimum absolute atomic E-state index is 0.194. The van der Waals surface area contributed by atoms with Crippen LogP contribution < -0.4 is 15.8 Å². The lowest BCUT2D eigenvalue weighted by Crippen LogP contribution is -2.48. The summed E-state index contributed by atoms with van der Waals surface area (Å²) in [4.78, 5) is 17.1. The van der Waals surface area contributed by atoms with Gasteiger partial charge in [-0.2, -0.15) is 0 Å². The lowest BCUT2D eigenvalue weighted by Gasteiger charge is -2.33. The van der Waals surface area contributed by atoms with Crippen LogP contribution in [-0.2, 0) is 6.42 Å². The second-order valence-electron chi connectivity index (χ2n) is 8.02. The fourth-order valence-corrected chi connectivity index (χ4v) is 3.59. The van der Waals surface area contributed by atoms with Crippen LogP contribution in [0.2, 0.25) is 0 Å². The molecule has 0 aliphatic carbocycles. The van der Waals surface area contributed by atoms with Crippen LogP contribution in [0.3, 0.4) is 0 Å². The Labute approximate surface area is 155 Å². The summed E-state index contributed by atoms with van der Waals surface area (Å²) in [6.07, 6.45) is 0.0526. The van der Waals surface area contributed by atoms with Crippen LogP contribution in [0.25, 0.3) is 0 Å². The van der Waals surface area contributed by atoms with E-state index in [1.807, 2.05) is 13.8 Å². The van der Waals surface area contributed by atoms with Crippen LogP contribution in [-0.4, -0.2) is 78.8 Å². The van der Waals surface area contributed by atoms with Gasteiger partial charge >= 0.3 is 0 Å². The molecule has 1 unspecified atom stereocenters. The zero-order valence-electron chi connectivity index (χ0n) is 15.9. The number of ether oxygens (including phenoxy) is 1. The Hall–Kier alpha value is -1.83. The van der Waals surface area contributed by atoms with Gasteiger partial charge in [0.1, 0.15) is 11.4 Å². The van der Waals surface area contributed by atoms with Crippen LogP contribution in [0.5, 0.6) is 5.75 Å². The normalized spacial score (nSPS) is 21.1. The highest BCUT2D eigenvalue weighted by Gasteiger charge is 2.34. The van der Waals surface area contributed by atoms with Gasteiger partial charge in [0.25, 0.3) is 5.91 Å². The Bertz CT molecular complexity index is 669. The van der Waals surface area contributed by atoms with E-state index < -0.39 is 6.10 Å². The summed E-state index contributed by atoms with van der Waals surface area (Å²) in [5.41, 5.74) is 7.60. The Kier molecular flexibility index (Phi) is 5.41. The van der Waals surface area contributed by atoms with Crippen molar-refractivity contribution < 1.29 is 14.6 Å². The number of fused-ring (bicyclic) bond motifs is 1. The van der Waals surface area contributed by atoms with E-state index in [-0.39, 0.29) is 18.1 Å². The molecule has 2 aliphatic rings. The lowest BCUT2D eigenvalue weighted by atomic mass is 9.96. The largest absolute Gasteiger partial charge is 0.485 e. The number of nitrogens with one attached hydrogen (secondary N) is 1. The molecule has 4 N–H and O–H groups in total. The summed E-state index contributed by atoms with van der Waals surface area (Å²) in [5.74, 6) is 0.417. The number of rotatable bonds is 5. The minimum atomic E-state index is -0.586. The number of anilines is 1. The van der Waals surface area contributed by atoms with Crippen molar-refractivity contribution in [2.75, 3.05) is 52.0 Å². The first-order valence-corrected chi connectivity index (χ1v) is 9.23. The van der Waals surface area contributed by atoms with Crippen molar-refractivity contribution in [3.63, 3.8) is 0 Å². The number of aliphatic hydroxyl groups is 1. The van der Waals surface area contributed by atoms with Crippen LogP contribution in [0.4, 0.5) is 5.69 Å². The molecule has 1 atom stereocenters. The van der Waals surface area contributed by atoms with E-state index in [0.29, 0.717) is 30.0 Å². The molecule has 7 heteroatoms. The first-order chi connectivity index (χ1) is 12.2. The zero-order chi connectivity index (χ0) is 18.9. The highest BCUT2D eigenvalue weighted by Crippen LogP contribution is 2.41. The molecule has 2 heterocycles. The highest BCUT2D eigenvalue weighted by atomic mass is 16.5. The average Bonchev–Trinajstić information content (AvgIpc) is 2.91. The number of nitrogens with zero attached hydrogens (tertiary/aromatic N) is 2. The standard InChI is InChI=1S/C19H30N4O3/c1-19(2)10-15-14(4-5-16(20)17(15)26-19)18(25)21-11-13(24)12-23-8-6-22(3)7-9-23/h4-5,13,24H,6-12,20H2,1-3H3,(H,21,25). The molecule has 2 aliphatic heterocycles. The van der Waals surface area contributed by atoms with Gasteiger partial charge in [0.05, 0.1) is 11.8 Å². The number of hydrogen-bond donors (Lipinski definition) is 3. The predicted octanol–water partition coefficient (Wildman–Crippen LogP) is 0.320. The molecular formula is C19H30N4O3. The quantitative estimate of drug-likeness (QED) is 0.654. The monoisotopic (exact) mass is 362 g/mol. The summed E-state index contributed by atoms with van der Waals surface area (Å²) in [6, 6.07) is 3.44. The number of amides is 1. The summed E-state index contributed by atoms with van der Waals surface area (Å²) in [7, 11) is 2.10. The molecular weight excluding hydrogens is 332 g/mol. The maximum Gasteiger partial charge on any atom is 0.251 e. The van der Waals surface area contributed by atoms with E-state index >= 15 is 0 Å². The Morgan fingerprint density at radius 3 is 2.73 bits per heavy atom. The fourth-order valence-electron chi connectivity index (χ4n) is 3.59. The molecule has 1 fully saturated rings. The van der Waals surface area contributed by atoms with E-state index in [0.717, 1.165) is 31.7 Å². The molecule has 1 amide bonds. The van der Waals surface area contributed by atoms with Crippen LogP contribution in [0, 0.1) is 0 Å². The van der Waals surface area contributed by atoms with Gasteiger partial charge in [-0.05, 0) is 33.0 Å². The van der Waals surface area contributed by atoms with Crippen molar-refractivity contribution in [1.82, 2.24) is 15.1 Å². The third-order valence-electron chi connectivity index (χ3n) is 5.08. The molecule has 1 aromatic carbocycles. The number of aliphatic hydroxyl groups excluding tert-OH is 1. The van der Waals surface area contributed by atoms with E-state index in [9.17, 15) is 9.90 Å². The van der Waals surface area contributed by atoms with Crippen LogP contribution in [0.1, 0.15) is 29.8 Å². The van der Waals surface area contributed by atoms with Crippen molar-refractivity contribution in [3.8, 4) is 5.75 Å². The molecule has 144 valence electrons. The van der Waals surface area contributed by atoms with Gasteiger partial charge in [-0.15, -0.1) is 0 Å². The molecule has 1 aromatic rings. The molecule has 0 radical (unpaired) electrons. The number of nitrogen functional groups attached to an aromatic ring is 1. The number of β-amino-alcohol motifs (C(OH)–C–C–N with tert-alkyl or cyclic N) is 1. The van der Waals surface area contributed by atoms with Gasteiger partial charge in [0, 0.05) is 56.8 Å². The molecule has 0 spiro atoms. The number of piperazine rings is 1. The number of hydrogen-bond acceptors (Lipinski definition) is 6. The van der Waals surface area contributed by atoms with Crippen molar-refractivity contribution >= 4 is 11.6 Å². The van der Waals surface area contributed by atoms with Crippen molar-refractivity contribution in [2.24, 2.45) is 0 Å². The second-order valence-corrected chi connectivity index (χ2v) is 8.02. The van der Waals surface area contributed by atoms with E-state index in [4.69, 9.17) is 10.5 Å². The maximum atomic E-state index is 12.6. The number of nitrogens with two attached hydrogens (primary N) is 1. The summed E-state index contributed by atoms with van der Waals surface area (Å²) in [5, 5.41) is 13.1. The van der Waals surface area contributed by atoms with Gasteiger partial charge in [-0.25, -0.2) is 0 Å². The molecule has 26 heavy (non-hydrogen) atoms. The van der Waals surface area contributed by atoms with E-state index in [1.165, 1.54) is 0 Å². The average molecular weight is 362 g/mol. The van der Waals surface area contributed by atoms with Crippen molar-refractivity contribution in [3.05, 3.63) is 23.3 Å². The van der Waals surface area contributed by atoms with Crippen molar-refractivity contribution in [2.45, 2.75) is 32.0 Å². The SMILES string of the molecule is CN1CCN(CC(O)CNC(=O)c2ccc(N)c3c2CC(C)(C)O3)CC1. The molecule has 3 rings (SSSR count). The van der Waals surface area contributed by atoms with Gasteiger partial charge in [0.15, 0.2) is 0 Å². The number of likely N-dealkylation sites (N-methyl/N-ethyl adjacent to an activating group) is 1. The van der Waals surface area contributed by atoms with Gasteiger partial charge in [-0.3, -0.25) is 9.69 Å². The van der Waals surface area contributed by atoms with Crippen LogP contribution in [0.15, 0.2) is 12.1 Å². The maximum absolute atomic E-state index is 12.6. The first kappa shape index (κ1) is 18.9. The first-order valence-electron chi connectivity index (χ1n) is 9.23. The molecule has 0 saturated carbocycles. The Morgan fingerprint density at radius 2 is 2.04 bits per heavy atom. The highest BCUT2D eigenvalue weighted by molar-refractivity contribution is 5.97. The molecule has 0 aromatic heterocycles. The Morgan fingerprint density at radius 1 is 1.35 bits per heavy atom. The fraction of sp³-hybridized carbons (Fsp3) is 0.632. The number of carbonyl (C=O) groups is 1. The lowest BCUT2D eigenvalue weighted by molar-refractivity contribution is 0.0737. The number of carbonyl (C=O) groups excluding carboxylic acids is 1. The predicted molar refractivity (Wildman–Crippen MR) is 102 cm³/mol. The van der Waals surface area contributed by atoms with Gasteiger partial charge < -0.3 is 25.8 Å². The smallest absolute Gasteiger partial charge is 0.251 e. The summed E-state index contributed by atoms with van der Waals surface area (Å²) >= 11 is 0. The third kappa shape index (κ3) is 4.28. The molecule has 1 saturated heterocycles.